The second-order valence-corrected chi connectivity index (χ2v) is 7.64. The third kappa shape index (κ3) is 2.88. The van der Waals surface area contributed by atoms with Crippen LogP contribution in [0.3, 0.4) is 0 Å². The van der Waals surface area contributed by atoms with E-state index in [1.54, 1.807) is 23.6 Å². The molecule has 0 spiro atoms. The van der Waals surface area contributed by atoms with Gasteiger partial charge in [0.2, 0.25) is 0 Å². The molecule has 25 heavy (non-hydrogen) atoms. The van der Waals surface area contributed by atoms with Crippen molar-refractivity contribution in [1.82, 2.24) is 10.3 Å². The summed E-state index contributed by atoms with van der Waals surface area (Å²) in [6.45, 7) is 2.09. The number of para-hydroxylation sites is 2. The molecule has 126 valence electrons. The van der Waals surface area contributed by atoms with Gasteiger partial charge in [0.25, 0.3) is 0 Å². The van der Waals surface area contributed by atoms with Crippen molar-refractivity contribution in [3.63, 3.8) is 0 Å². The van der Waals surface area contributed by atoms with Gasteiger partial charge in [-0.15, -0.1) is 11.3 Å². The first-order valence-corrected chi connectivity index (χ1v) is 9.22. The van der Waals surface area contributed by atoms with Crippen LogP contribution in [0.1, 0.15) is 27.5 Å². The fourth-order valence-electron chi connectivity index (χ4n) is 3.18. The molecule has 1 saturated heterocycles. The molecule has 0 unspecified atom stereocenters. The number of phenolic OH excluding ortho intramolecular Hbond substituents is 1. The predicted octanol–water partition coefficient (Wildman–Crippen LogP) is 4.33. The highest BCUT2D eigenvalue weighted by Gasteiger charge is 2.42. The molecule has 1 aliphatic rings. The van der Waals surface area contributed by atoms with Crippen LogP contribution < -0.4 is 10.2 Å². The lowest BCUT2D eigenvalue weighted by molar-refractivity contribution is 0.473. The Bertz CT molecular complexity index is 910. The number of pyridine rings is 1. The van der Waals surface area contributed by atoms with Crippen LogP contribution in [-0.4, -0.2) is 15.2 Å². The molecule has 0 radical (unpaired) electrons. The Balaban J connectivity index is 1.85. The topological polar surface area (TPSA) is 48.4 Å². The maximum absolute atomic E-state index is 10.4. The van der Waals surface area contributed by atoms with Gasteiger partial charge in [-0.25, -0.2) is 0 Å². The zero-order chi connectivity index (χ0) is 17.4. The number of nitrogens with zero attached hydrogens (tertiary/aromatic N) is 2. The lowest BCUT2D eigenvalue weighted by Crippen LogP contribution is -2.29. The van der Waals surface area contributed by atoms with Crippen LogP contribution in [0.5, 0.6) is 5.75 Å². The van der Waals surface area contributed by atoms with Crippen molar-refractivity contribution in [2.45, 2.75) is 19.0 Å². The molecule has 2 atom stereocenters. The minimum Gasteiger partial charge on any atom is -0.506 e. The molecule has 0 saturated carbocycles. The fourth-order valence-corrected chi connectivity index (χ4v) is 4.53. The van der Waals surface area contributed by atoms with Crippen LogP contribution in [-0.2, 0) is 0 Å². The first-order chi connectivity index (χ1) is 12.1. The Morgan fingerprint density at radius 1 is 1.12 bits per heavy atom. The summed E-state index contributed by atoms with van der Waals surface area (Å²) in [5, 5.41) is 14.4. The van der Waals surface area contributed by atoms with Crippen LogP contribution >= 0.6 is 23.6 Å². The van der Waals surface area contributed by atoms with E-state index in [2.05, 4.69) is 29.4 Å². The van der Waals surface area contributed by atoms with Gasteiger partial charge < -0.3 is 15.3 Å². The molecule has 0 aliphatic carbocycles. The van der Waals surface area contributed by atoms with Gasteiger partial charge in [0.15, 0.2) is 5.11 Å². The maximum Gasteiger partial charge on any atom is 0.174 e. The number of nitrogens with one attached hydrogen (secondary N) is 1. The molecule has 0 bridgehead atoms. The van der Waals surface area contributed by atoms with E-state index >= 15 is 0 Å². The highest BCUT2D eigenvalue weighted by Crippen LogP contribution is 2.45. The second-order valence-electron chi connectivity index (χ2n) is 5.93. The molecule has 4 nitrogen and oxygen atoms in total. The number of thiophene rings is 1. The van der Waals surface area contributed by atoms with Crippen molar-refractivity contribution in [3.05, 3.63) is 76.2 Å². The first kappa shape index (κ1) is 16.1. The molecule has 3 aromatic rings. The Kier molecular flexibility index (Phi) is 4.15. The van der Waals surface area contributed by atoms with Crippen molar-refractivity contribution in [2.24, 2.45) is 0 Å². The van der Waals surface area contributed by atoms with Crippen molar-refractivity contribution in [1.29, 1.82) is 0 Å². The first-order valence-electron chi connectivity index (χ1n) is 8.00. The lowest BCUT2D eigenvalue weighted by atomic mass is 10.0. The monoisotopic (exact) mass is 367 g/mol. The molecular weight excluding hydrogens is 350 g/mol. The fraction of sp³-hybridized carbons (Fsp3) is 0.158. The Labute approximate surface area is 155 Å². The lowest BCUT2D eigenvalue weighted by Gasteiger charge is -2.27. The number of aromatic hydroxyl groups is 1. The minimum absolute atomic E-state index is 0.0607. The highest BCUT2D eigenvalue weighted by molar-refractivity contribution is 7.80. The third-order valence-electron chi connectivity index (χ3n) is 4.29. The van der Waals surface area contributed by atoms with Crippen molar-refractivity contribution < 1.29 is 5.11 Å². The summed E-state index contributed by atoms with van der Waals surface area (Å²) in [5.41, 5.74) is 1.63. The molecule has 1 aromatic carbocycles. The molecule has 2 N–H and O–H groups in total. The second kappa shape index (κ2) is 6.46. The maximum atomic E-state index is 10.4. The number of aryl methyl sites for hydroxylation is 1. The van der Waals surface area contributed by atoms with E-state index in [4.69, 9.17) is 12.2 Å². The summed E-state index contributed by atoms with van der Waals surface area (Å²) in [4.78, 5) is 8.94. The van der Waals surface area contributed by atoms with E-state index in [0.29, 0.717) is 10.8 Å². The number of anilines is 1. The molecular formula is C19H17N3OS2. The number of rotatable bonds is 3. The Morgan fingerprint density at radius 3 is 2.60 bits per heavy atom. The third-order valence-corrected chi connectivity index (χ3v) is 5.68. The van der Waals surface area contributed by atoms with Crippen molar-refractivity contribution >= 4 is 34.4 Å². The summed E-state index contributed by atoms with van der Waals surface area (Å²) in [6.07, 6.45) is 1.79. The molecule has 3 heterocycles. The number of hydrogen-bond donors (Lipinski definition) is 2. The molecule has 1 aliphatic heterocycles. The highest BCUT2D eigenvalue weighted by atomic mass is 32.1. The van der Waals surface area contributed by atoms with Gasteiger partial charge in [-0.1, -0.05) is 18.2 Å². The smallest absolute Gasteiger partial charge is 0.174 e. The standard InChI is InChI=1S/C19H17N3OS2/c1-12-9-10-16(25-12)18-17(13-6-4-5-11-20-13)21-19(24)22(18)14-7-2-3-8-15(14)23/h2-11,17-18,23H,1H3,(H,21,24)/t17-,18+/m1/s1. The number of aromatic nitrogens is 1. The average molecular weight is 367 g/mol. The van der Waals surface area contributed by atoms with Crippen molar-refractivity contribution in [3.8, 4) is 5.75 Å². The Morgan fingerprint density at radius 2 is 1.92 bits per heavy atom. The average Bonchev–Trinajstić information content (AvgIpc) is 3.19. The normalized spacial score (nSPS) is 19.9. The molecule has 4 rings (SSSR count). The zero-order valence-electron chi connectivity index (χ0n) is 13.6. The van der Waals surface area contributed by atoms with E-state index in [1.165, 1.54) is 9.75 Å². The van der Waals surface area contributed by atoms with Gasteiger partial charge in [-0.3, -0.25) is 4.98 Å². The van der Waals surface area contributed by atoms with Gasteiger partial charge in [-0.2, -0.15) is 0 Å². The number of benzene rings is 1. The van der Waals surface area contributed by atoms with Gasteiger partial charge in [-0.05, 0) is 55.5 Å². The van der Waals surface area contributed by atoms with Gasteiger partial charge in [0, 0.05) is 16.0 Å². The largest absolute Gasteiger partial charge is 0.506 e. The Hall–Kier alpha value is -2.44. The number of phenols is 1. The van der Waals surface area contributed by atoms with E-state index in [0.717, 1.165) is 5.69 Å². The van der Waals surface area contributed by atoms with Crippen LogP contribution in [0.25, 0.3) is 0 Å². The van der Waals surface area contributed by atoms with Crippen molar-refractivity contribution in [2.75, 3.05) is 4.90 Å². The van der Waals surface area contributed by atoms with E-state index in [-0.39, 0.29) is 17.8 Å². The zero-order valence-corrected chi connectivity index (χ0v) is 15.2. The quantitative estimate of drug-likeness (QED) is 0.675. The summed E-state index contributed by atoms with van der Waals surface area (Å²) in [7, 11) is 0. The summed E-state index contributed by atoms with van der Waals surface area (Å²) in [5.74, 6) is 0.214. The molecule has 1 fully saturated rings. The number of hydrogen-bond acceptors (Lipinski definition) is 4. The van der Waals surface area contributed by atoms with Crippen LogP contribution in [0.2, 0.25) is 0 Å². The van der Waals surface area contributed by atoms with E-state index in [9.17, 15) is 5.11 Å². The van der Waals surface area contributed by atoms with E-state index < -0.39 is 0 Å². The minimum atomic E-state index is -0.0774. The summed E-state index contributed by atoms with van der Waals surface area (Å²) in [6, 6.07) is 17.3. The van der Waals surface area contributed by atoms with Crippen LogP contribution in [0, 0.1) is 6.92 Å². The van der Waals surface area contributed by atoms with Gasteiger partial charge in [0.05, 0.1) is 23.5 Å². The SMILES string of the molecule is Cc1ccc([C@H]2[C@@H](c3ccccn3)NC(=S)N2c2ccccc2O)s1. The molecule has 0 amide bonds. The number of thiocarbonyl (C=S) groups is 1. The van der Waals surface area contributed by atoms with Gasteiger partial charge in [0.1, 0.15) is 5.75 Å². The van der Waals surface area contributed by atoms with Crippen LogP contribution in [0.15, 0.2) is 60.8 Å². The molecule has 6 heteroatoms. The predicted molar refractivity (Wildman–Crippen MR) is 105 cm³/mol. The molecule has 2 aromatic heterocycles. The van der Waals surface area contributed by atoms with Crippen LogP contribution in [0.4, 0.5) is 5.69 Å². The van der Waals surface area contributed by atoms with E-state index in [1.807, 2.05) is 41.3 Å². The van der Waals surface area contributed by atoms with Gasteiger partial charge >= 0.3 is 0 Å². The summed E-state index contributed by atoms with van der Waals surface area (Å²) < 4.78 is 0. The summed E-state index contributed by atoms with van der Waals surface area (Å²) >= 11 is 7.36.